The molecule has 116 valence electrons. The second-order valence-corrected chi connectivity index (χ2v) is 6.38. The van der Waals surface area contributed by atoms with Crippen LogP contribution in [0, 0.1) is 13.8 Å². The second-order valence-electron chi connectivity index (χ2n) is 6.38. The number of rotatable bonds is 2. The highest BCUT2D eigenvalue weighted by atomic mass is 16.1. The standard InChI is InChI=1S/C19H24N2O/c1-13-16-11-7-8-12-17(16)20-14(2)18(13)19(22)21-15-9-5-3-4-6-10-15/h7-8,11-12,15H,3-6,9-10H2,1-2H3,(H,21,22). The molecule has 3 rings (SSSR count). The lowest BCUT2D eigenvalue weighted by molar-refractivity contribution is 0.0932. The summed E-state index contributed by atoms with van der Waals surface area (Å²) < 4.78 is 0. The van der Waals surface area contributed by atoms with E-state index < -0.39 is 0 Å². The highest BCUT2D eigenvalue weighted by molar-refractivity contribution is 6.01. The molecule has 1 amide bonds. The third-order valence-electron chi connectivity index (χ3n) is 4.75. The van der Waals surface area contributed by atoms with Gasteiger partial charge in [0.15, 0.2) is 0 Å². The van der Waals surface area contributed by atoms with Gasteiger partial charge in [0, 0.05) is 11.4 Å². The van der Waals surface area contributed by atoms with Crippen LogP contribution in [0.2, 0.25) is 0 Å². The SMILES string of the molecule is Cc1nc2ccccc2c(C)c1C(=O)NC1CCCCCC1. The number of benzene rings is 1. The lowest BCUT2D eigenvalue weighted by Gasteiger charge is -2.18. The zero-order valence-electron chi connectivity index (χ0n) is 13.5. The Labute approximate surface area is 132 Å². The summed E-state index contributed by atoms with van der Waals surface area (Å²) in [5, 5.41) is 4.31. The van der Waals surface area contributed by atoms with Gasteiger partial charge in [-0.2, -0.15) is 0 Å². The van der Waals surface area contributed by atoms with Crippen molar-refractivity contribution in [3.8, 4) is 0 Å². The van der Waals surface area contributed by atoms with E-state index in [-0.39, 0.29) is 5.91 Å². The molecule has 0 spiro atoms. The summed E-state index contributed by atoms with van der Waals surface area (Å²) in [6.45, 7) is 3.96. The minimum absolute atomic E-state index is 0.0418. The van der Waals surface area contributed by atoms with Crippen LogP contribution in [0.1, 0.15) is 60.1 Å². The number of aryl methyl sites for hydroxylation is 2. The summed E-state index contributed by atoms with van der Waals surface area (Å²) >= 11 is 0. The van der Waals surface area contributed by atoms with E-state index in [1.54, 1.807) is 0 Å². The molecule has 1 saturated carbocycles. The minimum atomic E-state index is 0.0418. The fraction of sp³-hybridized carbons (Fsp3) is 0.474. The molecule has 0 aliphatic heterocycles. The molecule has 2 aromatic rings. The minimum Gasteiger partial charge on any atom is -0.349 e. The van der Waals surface area contributed by atoms with Gasteiger partial charge in [-0.1, -0.05) is 43.9 Å². The van der Waals surface area contributed by atoms with Crippen molar-refractivity contribution in [2.24, 2.45) is 0 Å². The maximum atomic E-state index is 12.8. The van der Waals surface area contributed by atoms with Crippen LogP contribution in [-0.4, -0.2) is 16.9 Å². The number of fused-ring (bicyclic) bond motifs is 1. The molecule has 1 aromatic heterocycles. The highest BCUT2D eigenvalue weighted by Crippen LogP contribution is 2.23. The number of hydrogen-bond donors (Lipinski definition) is 1. The van der Waals surface area contributed by atoms with Crippen molar-refractivity contribution in [1.82, 2.24) is 10.3 Å². The predicted molar refractivity (Wildman–Crippen MR) is 90.2 cm³/mol. The van der Waals surface area contributed by atoms with Crippen LogP contribution in [0.4, 0.5) is 0 Å². The van der Waals surface area contributed by atoms with E-state index >= 15 is 0 Å². The van der Waals surface area contributed by atoms with E-state index in [1.807, 2.05) is 38.1 Å². The molecule has 3 nitrogen and oxygen atoms in total. The fourth-order valence-electron chi connectivity index (χ4n) is 3.55. The van der Waals surface area contributed by atoms with Crippen LogP contribution in [0.15, 0.2) is 24.3 Å². The largest absolute Gasteiger partial charge is 0.349 e. The number of carbonyl (C=O) groups excluding carboxylic acids is 1. The zero-order valence-corrected chi connectivity index (χ0v) is 13.5. The van der Waals surface area contributed by atoms with Crippen molar-refractivity contribution in [2.75, 3.05) is 0 Å². The van der Waals surface area contributed by atoms with Crippen molar-refractivity contribution < 1.29 is 4.79 Å². The third-order valence-corrected chi connectivity index (χ3v) is 4.75. The molecule has 1 aliphatic carbocycles. The number of hydrogen-bond acceptors (Lipinski definition) is 2. The lowest BCUT2D eigenvalue weighted by Crippen LogP contribution is -2.35. The molecule has 0 saturated heterocycles. The maximum Gasteiger partial charge on any atom is 0.253 e. The van der Waals surface area contributed by atoms with E-state index in [0.717, 1.165) is 40.6 Å². The summed E-state index contributed by atoms with van der Waals surface area (Å²) in [6.07, 6.45) is 7.23. The Morgan fingerprint density at radius 3 is 2.50 bits per heavy atom. The molecule has 1 fully saturated rings. The smallest absolute Gasteiger partial charge is 0.253 e. The zero-order chi connectivity index (χ0) is 15.5. The Morgan fingerprint density at radius 1 is 1.09 bits per heavy atom. The van der Waals surface area contributed by atoms with Gasteiger partial charge >= 0.3 is 0 Å². The van der Waals surface area contributed by atoms with Gasteiger partial charge in [-0.25, -0.2) is 0 Å². The predicted octanol–water partition coefficient (Wildman–Crippen LogP) is 4.30. The topological polar surface area (TPSA) is 42.0 Å². The summed E-state index contributed by atoms with van der Waals surface area (Å²) in [4.78, 5) is 17.4. The molecule has 1 N–H and O–H groups in total. The van der Waals surface area contributed by atoms with Crippen LogP contribution in [-0.2, 0) is 0 Å². The molecular formula is C19H24N2O. The first kappa shape index (κ1) is 15.0. The molecule has 0 unspecified atom stereocenters. The molecule has 1 aromatic carbocycles. The average molecular weight is 296 g/mol. The van der Waals surface area contributed by atoms with Crippen LogP contribution >= 0.6 is 0 Å². The Hall–Kier alpha value is -1.90. The van der Waals surface area contributed by atoms with Gasteiger partial charge in [0.05, 0.1) is 16.8 Å². The number of amides is 1. The number of carbonyl (C=O) groups is 1. The van der Waals surface area contributed by atoms with Crippen LogP contribution in [0.5, 0.6) is 0 Å². The molecule has 3 heteroatoms. The Morgan fingerprint density at radius 2 is 1.77 bits per heavy atom. The van der Waals surface area contributed by atoms with Crippen molar-refractivity contribution in [2.45, 2.75) is 58.4 Å². The molecule has 22 heavy (non-hydrogen) atoms. The average Bonchev–Trinajstić information content (AvgIpc) is 2.76. The van der Waals surface area contributed by atoms with Gasteiger partial charge in [0.1, 0.15) is 0 Å². The van der Waals surface area contributed by atoms with Gasteiger partial charge in [-0.05, 0) is 38.3 Å². The second kappa shape index (κ2) is 6.47. The van der Waals surface area contributed by atoms with Gasteiger partial charge < -0.3 is 5.32 Å². The first-order chi connectivity index (χ1) is 10.7. The fourth-order valence-corrected chi connectivity index (χ4v) is 3.55. The normalized spacial score (nSPS) is 16.5. The van der Waals surface area contributed by atoms with Crippen LogP contribution in [0.25, 0.3) is 10.9 Å². The Balaban J connectivity index is 1.90. The Bertz CT molecular complexity index is 685. The van der Waals surface area contributed by atoms with Gasteiger partial charge in [0.2, 0.25) is 0 Å². The number of nitrogens with zero attached hydrogens (tertiary/aromatic N) is 1. The summed E-state index contributed by atoms with van der Waals surface area (Å²) in [6, 6.07) is 8.35. The number of para-hydroxylation sites is 1. The van der Waals surface area contributed by atoms with E-state index in [2.05, 4.69) is 10.3 Å². The quantitative estimate of drug-likeness (QED) is 0.839. The van der Waals surface area contributed by atoms with Gasteiger partial charge in [-0.15, -0.1) is 0 Å². The molecular weight excluding hydrogens is 272 g/mol. The Kier molecular flexibility index (Phi) is 4.41. The molecule has 0 atom stereocenters. The van der Waals surface area contributed by atoms with Crippen molar-refractivity contribution in [3.63, 3.8) is 0 Å². The van der Waals surface area contributed by atoms with E-state index in [9.17, 15) is 4.79 Å². The monoisotopic (exact) mass is 296 g/mol. The van der Waals surface area contributed by atoms with Gasteiger partial charge in [0.25, 0.3) is 5.91 Å². The molecule has 1 heterocycles. The lowest BCUT2D eigenvalue weighted by atomic mass is 10.0. The molecule has 0 bridgehead atoms. The van der Waals surface area contributed by atoms with Crippen molar-refractivity contribution >= 4 is 16.8 Å². The van der Waals surface area contributed by atoms with Crippen LogP contribution in [0.3, 0.4) is 0 Å². The number of pyridine rings is 1. The number of nitrogens with one attached hydrogen (secondary N) is 1. The maximum absolute atomic E-state index is 12.8. The molecule has 0 radical (unpaired) electrons. The van der Waals surface area contributed by atoms with E-state index in [1.165, 1.54) is 25.7 Å². The third kappa shape index (κ3) is 2.99. The van der Waals surface area contributed by atoms with Gasteiger partial charge in [-0.3, -0.25) is 9.78 Å². The van der Waals surface area contributed by atoms with E-state index in [4.69, 9.17) is 0 Å². The van der Waals surface area contributed by atoms with Crippen LogP contribution < -0.4 is 5.32 Å². The first-order valence-electron chi connectivity index (χ1n) is 8.33. The highest BCUT2D eigenvalue weighted by Gasteiger charge is 2.20. The van der Waals surface area contributed by atoms with E-state index in [0.29, 0.717) is 6.04 Å². The summed E-state index contributed by atoms with van der Waals surface area (Å²) in [5.74, 6) is 0.0418. The first-order valence-corrected chi connectivity index (χ1v) is 8.33. The summed E-state index contributed by atoms with van der Waals surface area (Å²) in [7, 11) is 0. The van der Waals surface area contributed by atoms with Crippen molar-refractivity contribution in [3.05, 3.63) is 41.1 Å². The molecule has 1 aliphatic rings. The summed E-state index contributed by atoms with van der Waals surface area (Å²) in [5.41, 5.74) is 3.57. The number of aromatic nitrogens is 1. The van der Waals surface area contributed by atoms with Crippen molar-refractivity contribution in [1.29, 1.82) is 0 Å².